The number of hydrogen-bond acceptors (Lipinski definition) is 5. The molecule has 0 aliphatic heterocycles. The molecule has 0 fully saturated rings. The molecule has 3 aromatic rings. The Balaban J connectivity index is 1.45. The SMILES string of the molecule is O=C(COC(=O)c1ccc(=O)n(Cc2ccccc2)n1)NCCCc1ccccc1. The van der Waals surface area contributed by atoms with Gasteiger partial charge in [-0.05, 0) is 30.0 Å². The van der Waals surface area contributed by atoms with Crippen LogP contribution in [0, 0.1) is 0 Å². The van der Waals surface area contributed by atoms with Crippen molar-refractivity contribution in [1.82, 2.24) is 15.1 Å². The van der Waals surface area contributed by atoms with Crippen molar-refractivity contribution in [2.75, 3.05) is 13.2 Å². The smallest absolute Gasteiger partial charge is 0.359 e. The van der Waals surface area contributed by atoms with Crippen molar-refractivity contribution in [2.45, 2.75) is 19.4 Å². The van der Waals surface area contributed by atoms with E-state index in [1.807, 2.05) is 60.7 Å². The highest BCUT2D eigenvalue weighted by atomic mass is 16.5. The summed E-state index contributed by atoms with van der Waals surface area (Å²) in [7, 11) is 0. The van der Waals surface area contributed by atoms with Gasteiger partial charge in [0.25, 0.3) is 11.5 Å². The van der Waals surface area contributed by atoms with Crippen molar-refractivity contribution in [3.63, 3.8) is 0 Å². The minimum absolute atomic E-state index is 0.0255. The molecule has 0 saturated carbocycles. The van der Waals surface area contributed by atoms with Gasteiger partial charge in [-0.1, -0.05) is 60.7 Å². The van der Waals surface area contributed by atoms with Gasteiger partial charge in [0.1, 0.15) is 0 Å². The van der Waals surface area contributed by atoms with Gasteiger partial charge in [0, 0.05) is 12.6 Å². The van der Waals surface area contributed by atoms with E-state index in [4.69, 9.17) is 4.74 Å². The molecule has 7 nitrogen and oxygen atoms in total. The summed E-state index contributed by atoms with van der Waals surface area (Å²) in [6, 6.07) is 21.9. The minimum atomic E-state index is -0.753. The first-order valence-electron chi connectivity index (χ1n) is 9.71. The average molecular weight is 405 g/mol. The first kappa shape index (κ1) is 21.0. The summed E-state index contributed by atoms with van der Waals surface area (Å²) >= 11 is 0. The third-order valence-corrected chi connectivity index (χ3v) is 4.39. The number of nitrogens with one attached hydrogen (secondary N) is 1. The van der Waals surface area contributed by atoms with Crippen molar-refractivity contribution in [3.05, 3.63) is 100.0 Å². The molecule has 0 aliphatic rings. The molecule has 3 rings (SSSR count). The van der Waals surface area contributed by atoms with Crippen LogP contribution >= 0.6 is 0 Å². The summed E-state index contributed by atoms with van der Waals surface area (Å²) in [4.78, 5) is 36.1. The number of rotatable bonds is 9. The lowest BCUT2D eigenvalue weighted by atomic mass is 10.1. The Morgan fingerprint density at radius 2 is 1.57 bits per heavy atom. The van der Waals surface area contributed by atoms with Crippen LogP contribution in [0.4, 0.5) is 0 Å². The first-order chi connectivity index (χ1) is 14.6. The Labute approximate surface area is 174 Å². The van der Waals surface area contributed by atoms with Crippen molar-refractivity contribution < 1.29 is 14.3 Å². The van der Waals surface area contributed by atoms with Gasteiger partial charge < -0.3 is 10.1 Å². The maximum Gasteiger partial charge on any atom is 0.359 e. The number of aryl methyl sites for hydroxylation is 1. The zero-order valence-corrected chi connectivity index (χ0v) is 16.5. The molecule has 0 bridgehead atoms. The van der Waals surface area contributed by atoms with Crippen LogP contribution in [0.5, 0.6) is 0 Å². The Kier molecular flexibility index (Phi) is 7.49. The molecule has 0 spiro atoms. The van der Waals surface area contributed by atoms with Crippen molar-refractivity contribution >= 4 is 11.9 Å². The molecule has 7 heteroatoms. The van der Waals surface area contributed by atoms with Crippen LogP contribution in [0.3, 0.4) is 0 Å². The van der Waals surface area contributed by atoms with E-state index in [0.29, 0.717) is 6.54 Å². The molecular formula is C23H23N3O4. The van der Waals surface area contributed by atoms with E-state index < -0.39 is 12.6 Å². The predicted octanol–water partition coefficient (Wildman–Crippen LogP) is 2.20. The number of aromatic nitrogens is 2. The van der Waals surface area contributed by atoms with E-state index >= 15 is 0 Å². The van der Waals surface area contributed by atoms with Crippen LogP contribution < -0.4 is 10.9 Å². The lowest BCUT2D eigenvalue weighted by Gasteiger charge is -2.08. The Morgan fingerprint density at radius 3 is 2.27 bits per heavy atom. The largest absolute Gasteiger partial charge is 0.451 e. The van der Waals surface area contributed by atoms with Gasteiger partial charge in [-0.3, -0.25) is 9.59 Å². The quantitative estimate of drug-likeness (QED) is 0.435. The van der Waals surface area contributed by atoms with Gasteiger partial charge in [0.15, 0.2) is 12.3 Å². The Morgan fingerprint density at radius 1 is 0.900 bits per heavy atom. The van der Waals surface area contributed by atoms with E-state index in [1.165, 1.54) is 22.4 Å². The van der Waals surface area contributed by atoms with Crippen LogP contribution in [0.15, 0.2) is 77.6 Å². The zero-order valence-electron chi connectivity index (χ0n) is 16.5. The van der Waals surface area contributed by atoms with Crippen LogP contribution in [0.1, 0.15) is 28.0 Å². The van der Waals surface area contributed by atoms with Gasteiger partial charge in [-0.15, -0.1) is 0 Å². The molecule has 2 aromatic carbocycles. The molecule has 1 aromatic heterocycles. The molecule has 0 atom stereocenters. The summed E-state index contributed by atoms with van der Waals surface area (Å²) in [6.45, 7) is 0.331. The van der Waals surface area contributed by atoms with Crippen LogP contribution in [-0.2, 0) is 22.5 Å². The monoisotopic (exact) mass is 405 g/mol. The highest BCUT2D eigenvalue weighted by molar-refractivity contribution is 5.89. The summed E-state index contributed by atoms with van der Waals surface area (Å²) in [5.41, 5.74) is 1.73. The molecule has 1 heterocycles. The van der Waals surface area contributed by atoms with E-state index in [-0.39, 0.29) is 23.7 Å². The summed E-state index contributed by atoms with van der Waals surface area (Å²) in [5.74, 6) is -1.13. The van der Waals surface area contributed by atoms with E-state index in [2.05, 4.69) is 10.4 Å². The zero-order chi connectivity index (χ0) is 21.2. The number of hydrogen-bond donors (Lipinski definition) is 1. The Hall–Kier alpha value is -3.74. The van der Waals surface area contributed by atoms with Crippen molar-refractivity contribution in [1.29, 1.82) is 0 Å². The molecule has 1 N–H and O–H groups in total. The van der Waals surface area contributed by atoms with E-state index in [1.54, 1.807) is 0 Å². The fourth-order valence-corrected chi connectivity index (χ4v) is 2.85. The lowest BCUT2D eigenvalue weighted by Crippen LogP contribution is -2.30. The van der Waals surface area contributed by atoms with Gasteiger partial charge >= 0.3 is 5.97 Å². The van der Waals surface area contributed by atoms with Gasteiger partial charge in [-0.25, -0.2) is 9.48 Å². The number of carbonyl (C=O) groups excluding carboxylic acids is 2. The fraction of sp³-hybridized carbons (Fsp3) is 0.217. The molecule has 30 heavy (non-hydrogen) atoms. The predicted molar refractivity (Wildman–Crippen MR) is 112 cm³/mol. The van der Waals surface area contributed by atoms with Crippen LogP contribution in [0.2, 0.25) is 0 Å². The van der Waals surface area contributed by atoms with E-state index in [9.17, 15) is 14.4 Å². The molecule has 154 valence electrons. The van der Waals surface area contributed by atoms with Gasteiger partial charge in [0.05, 0.1) is 6.54 Å². The average Bonchev–Trinajstić information content (AvgIpc) is 2.78. The number of nitrogens with zero attached hydrogens (tertiary/aromatic N) is 2. The molecule has 0 aliphatic carbocycles. The topological polar surface area (TPSA) is 90.3 Å². The number of benzene rings is 2. The maximum absolute atomic E-state index is 12.2. The normalized spacial score (nSPS) is 10.4. The van der Waals surface area contributed by atoms with Crippen LogP contribution in [-0.4, -0.2) is 34.8 Å². The van der Waals surface area contributed by atoms with Crippen LogP contribution in [0.25, 0.3) is 0 Å². The summed E-state index contributed by atoms with van der Waals surface area (Å²) in [6.07, 6.45) is 1.64. The molecule has 0 saturated heterocycles. The van der Waals surface area contributed by atoms with Crippen molar-refractivity contribution in [3.8, 4) is 0 Å². The number of ether oxygens (including phenoxy) is 1. The molecular weight excluding hydrogens is 382 g/mol. The van der Waals surface area contributed by atoms with E-state index in [0.717, 1.165) is 18.4 Å². The minimum Gasteiger partial charge on any atom is -0.451 e. The summed E-state index contributed by atoms with van der Waals surface area (Å²) < 4.78 is 6.21. The summed E-state index contributed by atoms with van der Waals surface area (Å²) in [5, 5.41) is 6.77. The standard InChI is InChI=1S/C23H23N3O4/c27-21(24-15-7-12-18-8-3-1-4-9-18)17-30-23(29)20-13-14-22(28)26(25-20)16-19-10-5-2-6-11-19/h1-6,8-11,13-14H,7,12,15-17H2,(H,24,27). The molecule has 0 unspecified atom stereocenters. The number of amides is 1. The second-order valence-corrected chi connectivity index (χ2v) is 6.72. The van der Waals surface area contributed by atoms with Crippen molar-refractivity contribution in [2.24, 2.45) is 0 Å². The third kappa shape index (κ3) is 6.41. The highest BCUT2D eigenvalue weighted by Crippen LogP contribution is 2.02. The van der Waals surface area contributed by atoms with Gasteiger partial charge in [0.2, 0.25) is 0 Å². The highest BCUT2D eigenvalue weighted by Gasteiger charge is 2.13. The second kappa shape index (κ2) is 10.7. The number of carbonyl (C=O) groups is 2. The maximum atomic E-state index is 12.2. The lowest BCUT2D eigenvalue weighted by molar-refractivity contribution is -0.124. The Bertz CT molecular complexity index is 1030. The van der Waals surface area contributed by atoms with Gasteiger partial charge in [-0.2, -0.15) is 5.10 Å². The third-order valence-electron chi connectivity index (χ3n) is 4.39. The molecule has 0 radical (unpaired) electrons. The second-order valence-electron chi connectivity index (χ2n) is 6.72. The fourth-order valence-electron chi connectivity index (χ4n) is 2.85. The molecule has 1 amide bonds. The first-order valence-corrected chi connectivity index (χ1v) is 9.71. The number of esters is 1.